The van der Waals surface area contributed by atoms with E-state index in [4.69, 9.17) is 28.3 Å². The van der Waals surface area contributed by atoms with Gasteiger partial charge >= 0.3 is 0 Å². The van der Waals surface area contributed by atoms with E-state index in [1.807, 2.05) is 53.6 Å². The Hall–Kier alpha value is -2.22. The largest absolute Gasteiger partial charge is 0.351 e. The van der Waals surface area contributed by atoms with Crippen molar-refractivity contribution in [2.45, 2.75) is 19.9 Å². The molecular weight excluding hydrogens is 400 g/mol. The minimum atomic E-state index is -0.186. The Morgan fingerprint density at radius 1 is 1.30 bits per heavy atom. The van der Waals surface area contributed by atoms with Crippen molar-refractivity contribution in [3.05, 3.63) is 64.0 Å². The predicted molar refractivity (Wildman–Crippen MR) is 113 cm³/mol. The lowest BCUT2D eigenvalue weighted by Gasteiger charge is -2.36. The molecule has 0 aliphatic carbocycles. The van der Waals surface area contributed by atoms with Gasteiger partial charge in [0.1, 0.15) is 0 Å². The first-order chi connectivity index (χ1) is 13.1. The number of hydrogen-bond acceptors (Lipinski definition) is 5. The molecule has 1 atom stereocenters. The van der Waals surface area contributed by atoms with Gasteiger partial charge < -0.3 is 14.7 Å². The molecule has 0 saturated carbocycles. The highest BCUT2D eigenvalue weighted by atomic mass is 35.5. The van der Waals surface area contributed by atoms with Gasteiger partial charge in [0.15, 0.2) is 5.11 Å². The fourth-order valence-corrected chi connectivity index (χ4v) is 4.34. The van der Waals surface area contributed by atoms with E-state index in [9.17, 15) is 0 Å². The quantitative estimate of drug-likeness (QED) is 0.595. The lowest BCUT2D eigenvalue weighted by Crippen LogP contribution is -2.45. The van der Waals surface area contributed by atoms with Crippen molar-refractivity contribution in [1.82, 2.24) is 20.4 Å². The molecule has 5 nitrogen and oxygen atoms in total. The number of thiocarbonyl (C=S) groups is 1. The molecule has 1 aliphatic rings. The summed E-state index contributed by atoms with van der Waals surface area (Å²) < 4.78 is 5.65. The van der Waals surface area contributed by atoms with Gasteiger partial charge in [-0.1, -0.05) is 35.0 Å². The Labute approximate surface area is 171 Å². The van der Waals surface area contributed by atoms with Crippen LogP contribution in [0.1, 0.15) is 31.3 Å². The van der Waals surface area contributed by atoms with E-state index >= 15 is 0 Å². The fraction of sp³-hybridized carbons (Fsp3) is 0.211. The number of hydrogen-bond donors (Lipinski definition) is 1. The lowest BCUT2D eigenvalue weighted by atomic mass is 9.95. The lowest BCUT2D eigenvalue weighted by molar-refractivity contribution is 0.398. The van der Waals surface area contributed by atoms with Crippen molar-refractivity contribution in [2.75, 3.05) is 6.54 Å². The van der Waals surface area contributed by atoms with Gasteiger partial charge in [0.2, 0.25) is 5.82 Å². The number of aromatic nitrogens is 2. The molecule has 0 amide bonds. The standard InChI is InChI=1S/C19H17ClN4OS2/c1-3-24-11(2)15(18-22-17(23-25-18)14-5-4-10-27-14)16(21-19(24)26)12-6-8-13(20)9-7-12/h4-10,16H,3H2,1-2H3,(H,21,26). The minimum absolute atomic E-state index is 0.186. The monoisotopic (exact) mass is 416 g/mol. The number of halogens is 1. The fourth-order valence-electron chi connectivity index (χ4n) is 3.18. The van der Waals surface area contributed by atoms with Crippen molar-refractivity contribution in [2.24, 2.45) is 0 Å². The number of allylic oxidation sites excluding steroid dienone is 1. The highest BCUT2D eigenvalue weighted by Crippen LogP contribution is 2.37. The summed E-state index contributed by atoms with van der Waals surface area (Å²) in [6, 6.07) is 11.5. The second kappa shape index (κ2) is 7.42. The van der Waals surface area contributed by atoms with Crippen LogP contribution in [0.3, 0.4) is 0 Å². The topological polar surface area (TPSA) is 54.2 Å². The van der Waals surface area contributed by atoms with Crippen LogP contribution < -0.4 is 5.32 Å². The average Bonchev–Trinajstić information content (AvgIpc) is 3.34. The SMILES string of the molecule is CCN1C(=S)NC(c2ccc(Cl)cc2)C(c2nc(-c3cccs3)no2)=C1C. The highest BCUT2D eigenvalue weighted by Gasteiger charge is 2.33. The molecule has 3 aromatic rings. The summed E-state index contributed by atoms with van der Waals surface area (Å²) in [5.74, 6) is 1.08. The van der Waals surface area contributed by atoms with Crippen LogP contribution in [-0.4, -0.2) is 26.7 Å². The second-order valence-electron chi connectivity index (χ2n) is 6.08. The average molecular weight is 417 g/mol. The smallest absolute Gasteiger partial charge is 0.258 e. The van der Waals surface area contributed by atoms with Crippen molar-refractivity contribution in [1.29, 1.82) is 0 Å². The molecule has 3 heterocycles. The van der Waals surface area contributed by atoms with Crippen molar-refractivity contribution < 1.29 is 4.52 Å². The molecule has 1 unspecified atom stereocenters. The molecule has 1 aliphatic heterocycles. The van der Waals surface area contributed by atoms with Crippen LogP contribution in [0.5, 0.6) is 0 Å². The Morgan fingerprint density at radius 3 is 2.74 bits per heavy atom. The predicted octanol–water partition coefficient (Wildman–Crippen LogP) is 5.13. The number of thiophene rings is 1. The first kappa shape index (κ1) is 18.2. The van der Waals surface area contributed by atoms with E-state index in [2.05, 4.69) is 22.4 Å². The van der Waals surface area contributed by atoms with Crippen LogP contribution >= 0.6 is 35.2 Å². The first-order valence-corrected chi connectivity index (χ1v) is 10.2. The number of nitrogens with zero attached hydrogens (tertiary/aromatic N) is 3. The Bertz CT molecular complexity index is 995. The molecule has 0 fully saturated rings. The van der Waals surface area contributed by atoms with Gasteiger partial charge in [0.05, 0.1) is 16.5 Å². The van der Waals surface area contributed by atoms with E-state index in [-0.39, 0.29) is 6.04 Å². The van der Waals surface area contributed by atoms with Gasteiger partial charge in [-0.3, -0.25) is 0 Å². The van der Waals surface area contributed by atoms with Crippen LogP contribution in [-0.2, 0) is 0 Å². The van der Waals surface area contributed by atoms with E-state index in [1.54, 1.807) is 11.3 Å². The maximum Gasteiger partial charge on any atom is 0.258 e. The van der Waals surface area contributed by atoms with E-state index in [0.29, 0.717) is 21.9 Å². The molecule has 8 heteroatoms. The third-order valence-corrected chi connectivity index (χ3v) is 5.97. The van der Waals surface area contributed by atoms with Crippen LogP contribution in [0, 0.1) is 0 Å². The molecule has 4 rings (SSSR count). The van der Waals surface area contributed by atoms with Gasteiger partial charge in [0, 0.05) is 17.3 Å². The minimum Gasteiger partial charge on any atom is -0.351 e. The van der Waals surface area contributed by atoms with Gasteiger partial charge in [-0.05, 0) is 55.2 Å². The van der Waals surface area contributed by atoms with Crippen LogP contribution in [0.2, 0.25) is 5.02 Å². The number of benzene rings is 1. The first-order valence-electron chi connectivity index (χ1n) is 8.50. The van der Waals surface area contributed by atoms with Crippen LogP contribution in [0.15, 0.2) is 52.0 Å². The maximum absolute atomic E-state index is 6.06. The number of rotatable bonds is 4. The summed E-state index contributed by atoms with van der Waals surface area (Å²) in [6.07, 6.45) is 0. The molecule has 1 N–H and O–H groups in total. The Kier molecular flexibility index (Phi) is 4.99. The molecule has 2 aromatic heterocycles. The summed E-state index contributed by atoms with van der Waals surface area (Å²) in [6.45, 7) is 4.84. The van der Waals surface area contributed by atoms with E-state index < -0.39 is 0 Å². The maximum atomic E-state index is 6.06. The zero-order valence-electron chi connectivity index (χ0n) is 14.8. The molecule has 138 valence electrons. The second-order valence-corrected chi connectivity index (χ2v) is 7.85. The summed E-state index contributed by atoms with van der Waals surface area (Å²) >= 11 is 13.2. The Balaban J connectivity index is 1.82. The summed E-state index contributed by atoms with van der Waals surface area (Å²) in [4.78, 5) is 7.66. The summed E-state index contributed by atoms with van der Waals surface area (Å²) in [5, 5.41) is 10.9. The summed E-state index contributed by atoms with van der Waals surface area (Å²) in [7, 11) is 0. The van der Waals surface area contributed by atoms with Crippen molar-refractivity contribution >= 4 is 45.8 Å². The molecule has 27 heavy (non-hydrogen) atoms. The summed E-state index contributed by atoms with van der Waals surface area (Å²) in [5.41, 5.74) is 2.95. The van der Waals surface area contributed by atoms with Gasteiger partial charge in [-0.2, -0.15) is 4.98 Å². The normalized spacial score (nSPS) is 17.4. The molecular formula is C19H17ClN4OS2. The van der Waals surface area contributed by atoms with Gasteiger partial charge in [-0.15, -0.1) is 11.3 Å². The van der Waals surface area contributed by atoms with Crippen molar-refractivity contribution in [3.63, 3.8) is 0 Å². The molecule has 0 saturated heterocycles. The molecule has 0 bridgehead atoms. The molecule has 0 spiro atoms. The third kappa shape index (κ3) is 3.38. The Morgan fingerprint density at radius 2 is 2.07 bits per heavy atom. The van der Waals surface area contributed by atoms with E-state index in [1.165, 1.54) is 0 Å². The van der Waals surface area contributed by atoms with Crippen LogP contribution in [0.4, 0.5) is 0 Å². The highest BCUT2D eigenvalue weighted by molar-refractivity contribution is 7.80. The van der Waals surface area contributed by atoms with Gasteiger partial charge in [-0.25, -0.2) is 0 Å². The number of nitrogens with one attached hydrogen (secondary N) is 1. The van der Waals surface area contributed by atoms with E-state index in [0.717, 1.165) is 28.3 Å². The molecule has 1 aromatic carbocycles. The van der Waals surface area contributed by atoms with Crippen molar-refractivity contribution in [3.8, 4) is 10.7 Å². The zero-order valence-corrected chi connectivity index (χ0v) is 17.2. The van der Waals surface area contributed by atoms with Gasteiger partial charge in [0.25, 0.3) is 5.89 Å². The van der Waals surface area contributed by atoms with Crippen LogP contribution in [0.25, 0.3) is 16.3 Å². The zero-order chi connectivity index (χ0) is 19.0. The third-order valence-electron chi connectivity index (χ3n) is 4.51. The molecule has 0 radical (unpaired) electrons.